The van der Waals surface area contributed by atoms with E-state index < -0.39 is 54.0 Å². The molecule has 3 amide bonds. The van der Waals surface area contributed by atoms with E-state index in [1.54, 1.807) is 0 Å². The number of rotatable bonds is 18. The van der Waals surface area contributed by atoms with Gasteiger partial charge in [0.05, 0.1) is 6.10 Å². The summed E-state index contributed by atoms with van der Waals surface area (Å²) in [6, 6.07) is 0.968. The van der Waals surface area contributed by atoms with Crippen molar-refractivity contribution in [1.82, 2.24) is 16.0 Å². The van der Waals surface area contributed by atoms with Gasteiger partial charge < -0.3 is 54.2 Å². The number of aliphatic hydroxyl groups excluding tert-OH is 1. The molecule has 0 saturated heterocycles. The highest BCUT2D eigenvalue weighted by Gasteiger charge is 2.30. The van der Waals surface area contributed by atoms with Crippen molar-refractivity contribution in [2.24, 2.45) is 27.9 Å². The number of benzene rings is 1. The number of aliphatic hydroxyl groups is 1. The molecule has 0 aromatic heterocycles. The number of carboxylic acids is 1. The number of aliphatic imine (C=N–C) groups is 1. The Labute approximate surface area is 232 Å². The monoisotopic (exact) mass is 566 g/mol. The number of nitrogens with zero attached hydrogens (tertiary/aromatic N) is 1. The Bertz CT molecular complexity index is 999. The molecule has 40 heavy (non-hydrogen) atoms. The van der Waals surface area contributed by atoms with Gasteiger partial charge in [-0.2, -0.15) is 0 Å². The molecule has 15 nitrogen and oxygen atoms in total. The SMILES string of the molecule is CC(O)C(N)C(=O)NC(CCCN=C(N)N)C(=O)NC(CCCCN)C(=O)NC(Cc1ccc(O)cc1)C(=O)O. The van der Waals surface area contributed by atoms with Gasteiger partial charge in [0, 0.05) is 13.0 Å². The number of carbonyl (C=O) groups excluding carboxylic acids is 3. The number of phenolic OH excluding ortho intramolecular Hbond substituents is 1. The Kier molecular flexibility index (Phi) is 15.0. The van der Waals surface area contributed by atoms with Gasteiger partial charge in [0.25, 0.3) is 0 Å². The molecule has 0 radical (unpaired) electrons. The summed E-state index contributed by atoms with van der Waals surface area (Å²) in [5, 5.41) is 36.3. The molecule has 0 aliphatic carbocycles. The number of carboxylic acid groups (broad SMARTS) is 1. The Hall–Kier alpha value is -3.95. The highest BCUT2D eigenvalue weighted by molar-refractivity contribution is 5.94. The zero-order valence-electron chi connectivity index (χ0n) is 22.6. The first-order valence-corrected chi connectivity index (χ1v) is 13.0. The Morgan fingerprint density at radius 1 is 0.875 bits per heavy atom. The van der Waals surface area contributed by atoms with Crippen LogP contribution in [0.5, 0.6) is 5.75 Å². The predicted octanol–water partition coefficient (Wildman–Crippen LogP) is -2.64. The van der Waals surface area contributed by atoms with Crippen molar-refractivity contribution >= 4 is 29.7 Å². The van der Waals surface area contributed by atoms with Gasteiger partial charge in [0.15, 0.2) is 5.96 Å². The van der Waals surface area contributed by atoms with Crippen molar-refractivity contribution < 1.29 is 34.5 Å². The molecule has 1 aromatic rings. The van der Waals surface area contributed by atoms with Gasteiger partial charge in [-0.3, -0.25) is 19.4 Å². The highest BCUT2D eigenvalue weighted by atomic mass is 16.4. The lowest BCUT2D eigenvalue weighted by atomic mass is 10.0. The van der Waals surface area contributed by atoms with Crippen LogP contribution in [0.2, 0.25) is 0 Å². The number of hydrogen-bond donors (Lipinski definition) is 10. The number of nitrogens with two attached hydrogens (primary N) is 4. The van der Waals surface area contributed by atoms with E-state index in [4.69, 9.17) is 22.9 Å². The fourth-order valence-electron chi connectivity index (χ4n) is 3.63. The van der Waals surface area contributed by atoms with E-state index in [1.807, 2.05) is 0 Å². The molecule has 0 aliphatic rings. The topological polar surface area (TPSA) is 282 Å². The second-order valence-electron chi connectivity index (χ2n) is 9.39. The standard InChI is InChI=1S/C25H42N8O7/c1-14(34)20(27)23(38)32-18(6-4-12-30-25(28)29)21(36)31-17(5-2-3-11-26)22(37)33-19(24(39)40)13-15-7-9-16(35)10-8-15/h7-10,14,17-20,34-35H,2-6,11-13,26-27H2,1H3,(H,31,36)(H,32,38)(H,33,37)(H,39,40)(H4,28,29,30). The molecule has 0 saturated carbocycles. The summed E-state index contributed by atoms with van der Waals surface area (Å²) in [7, 11) is 0. The highest BCUT2D eigenvalue weighted by Crippen LogP contribution is 2.12. The Morgan fingerprint density at radius 3 is 1.90 bits per heavy atom. The third-order valence-corrected chi connectivity index (χ3v) is 5.97. The van der Waals surface area contributed by atoms with Gasteiger partial charge in [0.2, 0.25) is 17.7 Å². The summed E-state index contributed by atoms with van der Waals surface area (Å²) in [5.41, 5.74) is 22.5. The van der Waals surface area contributed by atoms with Gasteiger partial charge >= 0.3 is 5.97 Å². The van der Waals surface area contributed by atoms with Crippen LogP contribution in [0.4, 0.5) is 0 Å². The van der Waals surface area contributed by atoms with Crippen LogP contribution in [0, 0.1) is 0 Å². The normalized spacial score (nSPS) is 14.6. The number of unbranched alkanes of at least 4 members (excludes halogenated alkanes) is 1. The molecule has 1 rings (SSSR count). The van der Waals surface area contributed by atoms with Crippen molar-refractivity contribution in [2.45, 2.75) is 75.7 Å². The van der Waals surface area contributed by atoms with Gasteiger partial charge in [0.1, 0.15) is 29.9 Å². The molecule has 0 aliphatic heterocycles. The Balaban J connectivity index is 3.07. The molecule has 14 N–H and O–H groups in total. The second-order valence-corrected chi connectivity index (χ2v) is 9.39. The van der Waals surface area contributed by atoms with Gasteiger partial charge in [-0.25, -0.2) is 4.79 Å². The first-order valence-electron chi connectivity index (χ1n) is 13.0. The van der Waals surface area contributed by atoms with E-state index >= 15 is 0 Å². The van der Waals surface area contributed by atoms with Gasteiger partial charge in [-0.05, 0) is 63.3 Å². The summed E-state index contributed by atoms with van der Waals surface area (Å²) in [6.07, 6.45) is 0.292. The fraction of sp³-hybridized carbons (Fsp3) is 0.560. The van der Waals surface area contributed by atoms with Crippen LogP contribution >= 0.6 is 0 Å². The summed E-state index contributed by atoms with van der Waals surface area (Å²) < 4.78 is 0. The van der Waals surface area contributed by atoms with E-state index in [1.165, 1.54) is 31.2 Å². The molecule has 0 bridgehead atoms. The predicted molar refractivity (Wildman–Crippen MR) is 148 cm³/mol. The lowest BCUT2D eigenvalue weighted by Crippen LogP contribution is -2.58. The first kappa shape index (κ1) is 34.1. The molecule has 224 valence electrons. The molecule has 5 atom stereocenters. The van der Waals surface area contributed by atoms with Crippen molar-refractivity contribution in [2.75, 3.05) is 13.1 Å². The number of carbonyl (C=O) groups is 4. The quantitative estimate of drug-likeness (QED) is 0.0498. The maximum absolute atomic E-state index is 13.2. The van der Waals surface area contributed by atoms with Gasteiger partial charge in [-0.1, -0.05) is 12.1 Å². The Morgan fingerprint density at radius 2 is 1.40 bits per heavy atom. The zero-order valence-corrected chi connectivity index (χ0v) is 22.6. The van der Waals surface area contributed by atoms with Crippen LogP contribution in [0.15, 0.2) is 29.3 Å². The summed E-state index contributed by atoms with van der Waals surface area (Å²) >= 11 is 0. The third kappa shape index (κ3) is 12.7. The number of aliphatic carboxylic acids is 1. The van der Waals surface area contributed by atoms with Gasteiger partial charge in [-0.15, -0.1) is 0 Å². The lowest BCUT2D eigenvalue weighted by Gasteiger charge is -2.25. The maximum atomic E-state index is 13.2. The number of guanidine groups is 1. The minimum Gasteiger partial charge on any atom is -0.508 e. The summed E-state index contributed by atoms with van der Waals surface area (Å²) in [6.45, 7) is 1.84. The second kappa shape index (κ2) is 17.6. The lowest BCUT2D eigenvalue weighted by molar-refractivity contribution is -0.142. The van der Waals surface area contributed by atoms with E-state index in [0.717, 1.165) is 0 Å². The smallest absolute Gasteiger partial charge is 0.326 e. The number of hydrogen-bond acceptors (Lipinski definition) is 9. The van der Waals surface area contributed by atoms with Crippen LogP contribution in [0.1, 0.15) is 44.6 Å². The van der Waals surface area contributed by atoms with Crippen molar-refractivity contribution in [3.8, 4) is 5.75 Å². The minimum atomic E-state index is -1.31. The number of aromatic hydroxyl groups is 1. The van der Waals surface area contributed by atoms with Crippen molar-refractivity contribution in [3.63, 3.8) is 0 Å². The first-order chi connectivity index (χ1) is 18.8. The average Bonchev–Trinajstić information content (AvgIpc) is 2.89. The zero-order chi connectivity index (χ0) is 30.2. The maximum Gasteiger partial charge on any atom is 0.326 e. The molecular weight excluding hydrogens is 524 g/mol. The summed E-state index contributed by atoms with van der Waals surface area (Å²) in [5.74, 6) is -3.64. The summed E-state index contributed by atoms with van der Waals surface area (Å²) in [4.78, 5) is 54.6. The van der Waals surface area contributed by atoms with Crippen molar-refractivity contribution in [3.05, 3.63) is 29.8 Å². The number of nitrogens with one attached hydrogen (secondary N) is 3. The van der Waals surface area contributed by atoms with Crippen LogP contribution < -0.4 is 38.9 Å². The molecular formula is C25H42N8O7. The van der Waals surface area contributed by atoms with Crippen LogP contribution in [0.25, 0.3) is 0 Å². The van der Waals surface area contributed by atoms with Crippen LogP contribution in [-0.4, -0.2) is 88.3 Å². The molecule has 15 heteroatoms. The van der Waals surface area contributed by atoms with Crippen molar-refractivity contribution in [1.29, 1.82) is 0 Å². The van der Waals surface area contributed by atoms with E-state index in [2.05, 4.69) is 20.9 Å². The van der Waals surface area contributed by atoms with Crippen LogP contribution in [-0.2, 0) is 25.6 Å². The molecule has 5 unspecified atom stereocenters. The van der Waals surface area contributed by atoms with E-state index in [9.17, 15) is 34.5 Å². The molecule has 0 heterocycles. The fourth-order valence-corrected chi connectivity index (χ4v) is 3.63. The minimum absolute atomic E-state index is 0.0108. The average molecular weight is 567 g/mol. The number of phenols is 1. The largest absolute Gasteiger partial charge is 0.508 e. The molecule has 1 aromatic carbocycles. The molecule has 0 spiro atoms. The third-order valence-electron chi connectivity index (χ3n) is 5.97. The molecule has 0 fully saturated rings. The number of amides is 3. The van der Waals surface area contributed by atoms with Crippen LogP contribution in [0.3, 0.4) is 0 Å². The van der Waals surface area contributed by atoms with E-state index in [-0.39, 0.29) is 43.9 Å². The van der Waals surface area contributed by atoms with E-state index in [0.29, 0.717) is 24.9 Å².